The van der Waals surface area contributed by atoms with Crippen LogP contribution in [0.3, 0.4) is 0 Å². The number of halogens is 3. The van der Waals surface area contributed by atoms with Crippen LogP contribution in [0.5, 0.6) is 5.75 Å². The van der Waals surface area contributed by atoms with Crippen LogP contribution in [0.25, 0.3) is 33.0 Å². The second-order valence-corrected chi connectivity index (χ2v) is 16.4. The van der Waals surface area contributed by atoms with Gasteiger partial charge < -0.3 is 4.18 Å². The first-order valence-corrected chi connectivity index (χ1v) is 16.4. The van der Waals surface area contributed by atoms with E-state index in [0.717, 1.165) is 38.8 Å². The van der Waals surface area contributed by atoms with E-state index < -0.39 is 23.7 Å². The lowest BCUT2D eigenvalue weighted by atomic mass is 9.84. The van der Waals surface area contributed by atoms with Crippen LogP contribution in [0.1, 0.15) is 11.1 Å². The average Bonchev–Trinajstić information content (AvgIpc) is 2.79. The zero-order chi connectivity index (χ0) is 26.5. The highest BCUT2D eigenvalue weighted by molar-refractivity contribution is 7.88. The molecule has 0 aliphatic heterocycles. The van der Waals surface area contributed by atoms with E-state index in [0.29, 0.717) is 10.6 Å². The molecule has 0 aliphatic rings. The van der Waals surface area contributed by atoms with Crippen LogP contribution >= 0.6 is 0 Å². The molecule has 4 rings (SSSR count). The summed E-state index contributed by atoms with van der Waals surface area (Å²) >= 11 is 0. The Morgan fingerprint density at radius 3 is 1.53 bits per heavy atom. The molecule has 0 unspecified atom stereocenters. The molecule has 0 saturated heterocycles. The lowest BCUT2D eigenvalue weighted by Crippen LogP contribution is -2.40. The van der Waals surface area contributed by atoms with Crippen molar-refractivity contribution in [1.82, 2.24) is 0 Å². The summed E-state index contributed by atoms with van der Waals surface area (Å²) in [6.07, 6.45) is 0. The van der Waals surface area contributed by atoms with Gasteiger partial charge in [-0.1, -0.05) is 86.4 Å². The van der Waals surface area contributed by atoms with Crippen molar-refractivity contribution in [3.63, 3.8) is 0 Å². The molecule has 36 heavy (non-hydrogen) atoms. The molecule has 4 aromatic rings. The van der Waals surface area contributed by atoms with Gasteiger partial charge in [0.1, 0.15) is 5.75 Å². The molecule has 0 heterocycles. The van der Waals surface area contributed by atoms with Gasteiger partial charge in [0, 0.05) is 0 Å². The maximum absolute atomic E-state index is 13.3. The normalized spacial score (nSPS) is 12.7. The fourth-order valence-corrected chi connectivity index (χ4v) is 6.53. The minimum atomic E-state index is -5.84. The molecule has 188 valence electrons. The molecule has 4 aromatic carbocycles. The summed E-state index contributed by atoms with van der Waals surface area (Å²) in [5, 5.41) is 1.98. The number of hydrogen-bond donors (Lipinski definition) is 0. The predicted octanol–water partition coefficient (Wildman–Crippen LogP) is 7.56. The summed E-state index contributed by atoms with van der Waals surface area (Å²) in [6.45, 7) is 9.85. The molecule has 0 radical (unpaired) electrons. The van der Waals surface area contributed by atoms with Crippen molar-refractivity contribution in [3.05, 3.63) is 83.9 Å². The Morgan fingerprint density at radius 1 is 0.722 bits per heavy atom. The number of alkyl halides is 3. The third kappa shape index (κ3) is 4.67. The first-order valence-electron chi connectivity index (χ1n) is 11.5. The number of hydrogen-bond acceptors (Lipinski definition) is 3. The SMILES string of the molecule is Cc1c(C)c(-c2ccccc2)c2cc([Si](C)(C)C)c(OS(=O)(=O)C(F)(F)F)cc2c1-c1ccccc1. The average molecular weight is 529 g/mol. The van der Waals surface area contributed by atoms with Crippen LogP contribution in [0.15, 0.2) is 72.8 Å². The monoisotopic (exact) mass is 528 g/mol. The van der Waals surface area contributed by atoms with Crippen molar-refractivity contribution in [2.24, 2.45) is 0 Å². The predicted molar refractivity (Wildman–Crippen MR) is 143 cm³/mol. The van der Waals surface area contributed by atoms with Crippen molar-refractivity contribution < 1.29 is 25.8 Å². The fraction of sp³-hybridized carbons (Fsp3) is 0.214. The Kier molecular flexibility index (Phi) is 6.55. The molecular weight excluding hydrogens is 501 g/mol. The van der Waals surface area contributed by atoms with Gasteiger partial charge in [-0.25, -0.2) is 0 Å². The smallest absolute Gasteiger partial charge is 0.376 e. The summed E-state index contributed by atoms with van der Waals surface area (Å²) in [5.41, 5.74) is 0.128. The van der Waals surface area contributed by atoms with Gasteiger partial charge in [0.05, 0.1) is 8.07 Å². The van der Waals surface area contributed by atoms with E-state index in [1.807, 2.05) is 100 Å². The first-order chi connectivity index (χ1) is 16.7. The number of benzene rings is 4. The van der Waals surface area contributed by atoms with Crippen LogP contribution in [0.4, 0.5) is 13.2 Å². The minimum Gasteiger partial charge on any atom is -0.376 e. The molecular formula is C28H27F3O3SSi. The van der Waals surface area contributed by atoms with E-state index in [4.69, 9.17) is 4.18 Å². The van der Waals surface area contributed by atoms with E-state index in [2.05, 4.69) is 0 Å². The second kappa shape index (κ2) is 9.08. The van der Waals surface area contributed by atoms with Gasteiger partial charge in [-0.3, -0.25) is 0 Å². The standard InChI is InChI=1S/C28H27F3O3SSi/c1-18-19(2)27(21-14-10-7-11-15-21)23-17-25(36(3,4)5)24(34-35(32,33)28(29,30)31)16-22(23)26(18)20-12-8-6-9-13-20/h6-17H,1-5H3. The van der Waals surface area contributed by atoms with Gasteiger partial charge in [0.15, 0.2) is 0 Å². The molecule has 0 aromatic heterocycles. The third-order valence-corrected chi connectivity index (χ3v) is 9.36. The number of fused-ring (bicyclic) bond motifs is 1. The van der Waals surface area contributed by atoms with E-state index in [-0.39, 0.29) is 5.75 Å². The van der Waals surface area contributed by atoms with Gasteiger partial charge in [0.2, 0.25) is 0 Å². The molecule has 0 atom stereocenters. The molecule has 0 fully saturated rings. The zero-order valence-electron chi connectivity index (χ0n) is 20.7. The summed E-state index contributed by atoms with van der Waals surface area (Å²) < 4.78 is 68.9. The van der Waals surface area contributed by atoms with Gasteiger partial charge in [-0.2, -0.15) is 21.6 Å². The minimum absolute atomic E-state index is 0.265. The second-order valence-electron chi connectivity index (χ2n) is 9.86. The maximum Gasteiger partial charge on any atom is 0.534 e. The lowest BCUT2D eigenvalue weighted by molar-refractivity contribution is -0.0499. The Hall–Kier alpha value is -3.10. The Morgan fingerprint density at radius 2 is 1.14 bits per heavy atom. The Bertz CT molecular complexity index is 1540. The molecule has 8 heteroatoms. The van der Waals surface area contributed by atoms with E-state index in [1.165, 1.54) is 6.07 Å². The van der Waals surface area contributed by atoms with Crippen molar-refractivity contribution in [3.8, 4) is 28.0 Å². The highest BCUT2D eigenvalue weighted by atomic mass is 32.2. The van der Waals surface area contributed by atoms with Gasteiger partial charge >= 0.3 is 15.6 Å². The summed E-state index contributed by atoms with van der Waals surface area (Å²) in [5.74, 6) is -0.265. The van der Waals surface area contributed by atoms with Crippen LogP contribution in [-0.2, 0) is 10.1 Å². The van der Waals surface area contributed by atoms with Crippen molar-refractivity contribution in [2.45, 2.75) is 39.0 Å². The molecule has 0 amide bonds. The number of rotatable bonds is 5. The molecule has 0 N–H and O–H groups in total. The highest BCUT2D eigenvalue weighted by Gasteiger charge is 2.49. The third-order valence-electron chi connectivity index (χ3n) is 6.39. The molecule has 0 saturated carbocycles. The molecule has 3 nitrogen and oxygen atoms in total. The zero-order valence-corrected chi connectivity index (χ0v) is 22.5. The quantitative estimate of drug-likeness (QED) is 0.152. The summed E-state index contributed by atoms with van der Waals surface area (Å²) in [4.78, 5) is 0. The molecule has 0 aliphatic carbocycles. The van der Waals surface area contributed by atoms with Crippen molar-refractivity contribution in [2.75, 3.05) is 0 Å². The topological polar surface area (TPSA) is 43.4 Å². The van der Waals surface area contributed by atoms with Crippen LogP contribution in [0.2, 0.25) is 19.6 Å². The van der Waals surface area contributed by atoms with Gasteiger partial charge in [-0.15, -0.1) is 0 Å². The summed E-state index contributed by atoms with van der Waals surface area (Å²) in [6, 6.07) is 22.6. The van der Waals surface area contributed by atoms with Gasteiger partial charge in [0.25, 0.3) is 0 Å². The van der Waals surface area contributed by atoms with Crippen molar-refractivity contribution in [1.29, 1.82) is 0 Å². The largest absolute Gasteiger partial charge is 0.534 e. The van der Waals surface area contributed by atoms with E-state index in [1.54, 1.807) is 0 Å². The molecule has 0 bridgehead atoms. The van der Waals surface area contributed by atoms with Crippen LogP contribution < -0.4 is 9.37 Å². The van der Waals surface area contributed by atoms with Crippen molar-refractivity contribution >= 4 is 34.2 Å². The Labute approximate surface area is 210 Å². The maximum atomic E-state index is 13.3. The van der Waals surface area contributed by atoms with Crippen LogP contribution in [-0.4, -0.2) is 22.0 Å². The fourth-order valence-electron chi connectivity index (χ4n) is 4.55. The highest BCUT2D eigenvalue weighted by Crippen LogP contribution is 2.43. The van der Waals surface area contributed by atoms with Gasteiger partial charge in [-0.05, 0) is 69.3 Å². The molecule has 0 spiro atoms. The van der Waals surface area contributed by atoms with E-state index >= 15 is 0 Å². The Balaban J connectivity index is 2.19. The lowest BCUT2D eigenvalue weighted by Gasteiger charge is -2.25. The van der Waals surface area contributed by atoms with Crippen LogP contribution in [0, 0.1) is 13.8 Å². The first kappa shape index (κ1) is 26.0. The van der Waals surface area contributed by atoms with E-state index in [9.17, 15) is 21.6 Å². The summed E-state index contributed by atoms with van der Waals surface area (Å²) in [7, 11) is -8.20.